The molecule has 0 spiro atoms. The maximum Gasteiger partial charge on any atom is 0.302 e. The van der Waals surface area contributed by atoms with Crippen LogP contribution in [-0.4, -0.2) is 61.6 Å². The molecule has 0 aliphatic rings. The zero-order valence-corrected chi connectivity index (χ0v) is 19.1. The highest BCUT2D eigenvalue weighted by molar-refractivity contribution is 6.34. The Labute approximate surface area is 183 Å². The van der Waals surface area contributed by atoms with Crippen LogP contribution in [0, 0.1) is 0 Å². The van der Waals surface area contributed by atoms with Crippen LogP contribution < -0.4 is 15.4 Å². The summed E-state index contributed by atoms with van der Waals surface area (Å²) in [6.45, 7) is 11.8. The largest absolute Gasteiger partial charge is 0.490 e. The Morgan fingerprint density at radius 1 is 1.17 bits per heavy atom. The molecule has 0 aromatic heterocycles. The molecule has 168 valence electrons. The first-order valence-electron chi connectivity index (χ1n) is 10.1. The lowest BCUT2D eigenvalue weighted by atomic mass is 10.1. The molecule has 0 fully saturated rings. The second kappa shape index (κ2) is 13.1. The van der Waals surface area contributed by atoms with Crippen LogP contribution in [0.5, 0.6) is 5.75 Å². The second-order valence-electron chi connectivity index (χ2n) is 6.85. The SMILES string of the molecule is CCN(CC)CCNC(=O)c1cc(Cl)c(NC(C)=O)cc1OC(C)CCOC(C)=O. The molecule has 1 unspecified atom stereocenters. The summed E-state index contributed by atoms with van der Waals surface area (Å²) < 4.78 is 10.9. The molecular weight excluding hydrogens is 410 g/mol. The molecule has 30 heavy (non-hydrogen) atoms. The van der Waals surface area contributed by atoms with E-state index in [-0.39, 0.29) is 41.1 Å². The normalized spacial score (nSPS) is 11.7. The highest BCUT2D eigenvalue weighted by atomic mass is 35.5. The van der Waals surface area contributed by atoms with Gasteiger partial charge in [-0.05, 0) is 26.1 Å². The van der Waals surface area contributed by atoms with Gasteiger partial charge in [0, 0.05) is 39.4 Å². The number of nitrogens with one attached hydrogen (secondary N) is 2. The zero-order chi connectivity index (χ0) is 22.7. The first kappa shape index (κ1) is 25.7. The van der Waals surface area contributed by atoms with Crippen LogP contribution >= 0.6 is 11.6 Å². The number of carbonyl (C=O) groups is 3. The molecule has 0 saturated heterocycles. The zero-order valence-electron chi connectivity index (χ0n) is 18.3. The van der Waals surface area contributed by atoms with Gasteiger partial charge in [0.15, 0.2) is 0 Å². The van der Waals surface area contributed by atoms with Gasteiger partial charge in [0.2, 0.25) is 5.91 Å². The van der Waals surface area contributed by atoms with E-state index in [2.05, 4.69) is 29.4 Å². The van der Waals surface area contributed by atoms with Crippen molar-refractivity contribution in [3.8, 4) is 5.75 Å². The predicted octanol–water partition coefficient (Wildman–Crippen LogP) is 3.09. The van der Waals surface area contributed by atoms with Crippen molar-refractivity contribution in [3.05, 3.63) is 22.7 Å². The third kappa shape index (κ3) is 9.00. The number of likely N-dealkylation sites (N-methyl/N-ethyl adjacent to an activating group) is 1. The van der Waals surface area contributed by atoms with Gasteiger partial charge in [-0.25, -0.2) is 0 Å². The summed E-state index contributed by atoms with van der Waals surface area (Å²) in [5, 5.41) is 5.74. The lowest BCUT2D eigenvalue weighted by Crippen LogP contribution is -2.35. The van der Waals surface area contributed by atoms with Crippen LogP contribution in [0.1, 0.15) is 51.4 Å². The average molecular weight is 442 g/mol. The van der Waals surface area contributed by atoms with E-state index in [9.17, 15) is 14.4 Å². The Morgan fingerprint density at radius 2 is 1.83 bits per heavy atom. The average Bonchev–Trinajstić information content (AvgIpc) is 2.66. The Balaban J connectivity index is 2.98. The van der Waals surface area contributed by atoms with Crippen molar-refractivity contribution < 1.29 is 23.9 Å². The van der Waals surface area contributed by atoms with Crippen molar-refractivity contribution in [2.45, 2.75) is 47.1 Å². The van der Waals surface area contributed by atoms with Gasteiger partial charge in [-0.15, -0.1) is 0 Å². The van der Waals surface area contributed by atoms with E-state index in [4.69, 9.17) is 21.1 Å². The first-order chi connectivity index (χ1) is 14.2. The smallest absolute Gasteiger partial charge is 0.302 e. The summed E-state index contributed by atoms with van der Waals surface area (Å²) in [4.78, 5) is 37.3. The maximum atomic E-state index is 12.8. The lowest BCUT2D eigenvalue weighted by molar-refractivity contribution is -0.141. The van der Waals surface area contributed by atoms with Gasteiger partial charge in [-0.3, -0.25) is 14.4 Å². The summed E-state index contributed by atoms with van der Waals surface area (Å²) in [7, 11) is 0. The van der Waals surface area contributed by atoms with E-state index in [1.807, 2.05) is 0 Å². The number of ether oxygens (including phenoxy) is 2. The molecule has 0 radical (unpaired) electrons. The van der Waals surface area contributed by atoms with E-state index in [0.717, 1.165) is 19.6 Å². The third-order valence-corrected chi connectivity index (χ3v) is 4.70. The Morgan fingerprint density at radius 3 is 2.40 bits per heavy atom. The fourth-order valence-corrected chi connectivity index (χ4v) is 2.93. The van der Waals surface area contributed by atoms with E-state index in [1.54, 1.807) is 6.92 Å². The molecule has 2 amide bonds. The monoisotopic (exact) mass is 441 g/mol. The van der Waals surface area contributed by atoms with E-state index in [1.165, 1.54) is 26.0 Å². The highest BCUT2D eigenvalue weighted by Gasteiger charge is 2.19. The van der Waals surface area contributed by atoms with Gasteiger partial charge in [0.25, 0.3) is 5.91 Å². The van der Waals surface area contributed by atoms with Crippen LogP contribution in [-0.2, 0) is 14.3 Å². The maximum absolute atomic E-state index is 12.8. The number of hydrogen-bond acceptors (Lipinski definition) is 6. The third-order valence-electron chi connectivity index (χ3n) is 4.39. The quantitative estimate of drug-likeness (QED) is 0.484. The predicted molar refractivity (Wildman–Crippen MR) is 117 cm³/mol. The molecule has 0 aliphatic heterocycles. The number of hydrogen-bond donors (Lipinski definition) is 2. The second-order valence-corrected chi connectivity index (χ2v) is 7.26. The number of carbonyl (C=O) groups excluding carboxylic acids is 3. The number of halogens is 1. The summed E-state index contributed by atoms with van der Waals surface area (Å²) in [6, 6.07) is 3.01. The van der Waals surface area contributed by atoms with Gasteiger partial charge in [-0.1, -0.05) is 25.4 Å². The number of benzene rings is 1. The Hall–Kier alpha value is -2.32. The topological polar surface area (TPSA) is 97.0 Å². The first-order valence-corrected chi connectivity index (χ1v) is 10.5. The Bertz CT molecular complexity index is 738. The summed E-state index contributed by atoms with van der Waals surface area (Å²) in [5.74, 6) is -0.684. The molecule has 1 aromatic carbocycles. The van der Waals surface area contributed by atoms with Crippen molar-refractivity contribution in [2.24, 2.45) is 0 Å². The number of amides is 2. The van der Waals surface area contributed by atoms with E-state index < -0.39 is 0 Å². The van der Waals surface area contributed by atoms with Crippen molar-refractivity contribution in [1.29, 1.82) is 0 Å². The molecule has 1 aromatic rings. The van der Waals surface area contributed by atoms with Crippen LogP contribution in [0.15, 0.2) is 12.1 Å². The number of anilines is 1. The van der Waals surface area contributed by atoms with Crippen LogP contribution in [0.2, 0.25) is 5.02 Å². The number of rotatable bonds is 12. The van der Waals surface area contributed by atoms with E-state index >= 15 is 0 Å². The van der Waals surface area contributed by atoms with Crippen molar-refractivity contribution in [3.63, 3.8) is 0 Å². The molecule has 8 nitrogen and oxygen atoms in total. The fourth-order valence-electron chi connectivity index (χ4n) is 2.72. The highest BCUT2D eigenvalue weighted by Crippen LogP contribution is 2.32. The van der Waals surface area contributed by atoms with E-state index in [0.29, 0.717) is 24.4 Å². The minimum absolute atomic E-state index is 0.202. The van der Waals surface area contributed by atoms with Gasteiger partial charge in [0.05, 0.1) is 29.0 Å². The van der Waals surface area contributed by atoms with Gasteiger partial charge in [-0.2, -0.15) is 0 Å². The van der Waals surface area contributed by atoms with Crippen LogP contribution in [0.25, 0.3) is 0 Å². The number of nitrogens with zero attached hydrogens (tertiary/aromatic N) is 1. The van der Waals surface area contributed by atoms with Crippen LogP contribution in [0.3, 0.4) is 0 Å². The molecular formula is C21H32ClN3O5. The minimum atomic E-state index is -0.366. The fraction of sp³-hybridized carbons (Fsp3) is 0.571. The standard InChI is InChI=1S/C21H32ClN3O5/c1-6-25(7-2)10-9-23-21(28)17-12-18(22)19(24-15(4)26)13-20(17)30-14(3)8-11-29-16(5)27/h12-14H,6-11H2,1-5H3,(H,23,28)(H,24,26). The molecule has 0 bridgehead atoms. The summed E-state index contributed by atoms with van der Waals surface area (Å²) in [5.41, 5.74) is 0.624. The van der Waals surface area contributed by atoms with Gasteiger partial charge < -0.3 is 25.0 Å². The molecule has 0 saturated carbocycles. The van der Waals surface area contributed by atoms with Crippen molar-refractivity contribution >= 4 is 35.1 Å². The van der Waals surface area contributed by atoms with Crippen LogP contribution in [0.4, 0.5) is 5.69 Å². The van der Waals surface area contributed by atoms with Crippen molar-refractivity contribution in [1.82, 2.24) is 10.2 Å². The molecule has 0 aliphatic carbocycles. The molecule has 0 heterocycles. The molecule has 2 N–H and O–H groups in total. The summed E-state index contributed by atoms with van der Waals surface area (Å²) in [6.07, 6.45) is 0.110. The Kier molecular flexibility index (Phi) is 11.2. The lowest BCUT2D eigenvalue weighted by Gasteiger charge is -2.20. The van der Waals surface area contributed by atoms with Gasteiger partial charge >= 0.3 is 5.97 Å². The van der Waals surface area contributed by atoms with Gasteiger partial charge in [0.1, 0.15) is 5.75 Å². The summed E-state index contributed by atoms with van der Waals surface area (Å²) >= 11 is 6.26. The molecule has 1 atom stereocenters. The molecule has 9 heteroatoms. The minimum Gasteiger partial charge on any atom is -0.490 e. The van der Waals surface area contributed by atoms with Crippen molar-refractivity contribution in [2.75, 3.05) is 38.1 Å². The number of esters is 1. The molecule has 1 rings (SSSR count).